The number of likely N-dealkylation sites (N-methyl/N-ethyl adjacent to an activating group) is 1. The van der Waals surface area contributed by atoms with Crippen molar-refractivity contribution in [2.75, 3.05) is 40.9 Å². The first-order chi connectivity index (χ1) is 41.9. The maximum absolute atomic E-state index is 13.6. The molecular weight excluding hydrogens is 1080 g/mol. The highest BCUT2D eigenvalue weighted by molar-refractivity contribution is 7.47. The first kappa shape index (κ1) is 83.2. The number of phosphoric acid groups is 1. The number of quaternary nitrogens is 1. The number of hydrogen-bond acceptors (Lipinski definition) is 6. The molecular formula is C76H140N2O7P+. The third kappa shape index (κ3) is 65.6. The number of carbonyl (C=O) groups is 2. The van der Waals surface area contributed by atoms with Crippen molar-refractivity contribution in [1.82, 2.24) is 5.32 Å². The number of carbonyl (C=O) groups excluding carboxylic acids is 2. The minimum Gasteiger partial charge on any atom is -0.456 e. The largest absolute Gasteiger partial charge is 0.472 e. The normalized spacial score (nSPS) is 14.0. The van der Waals surface area contributed by atoms with Gasteiger partial charge in [-0.3, -0.25) is 18.6 Å². The quantitative estimate of drug-likeness (QED) is 0.0205. The topological polar surface area (TPSA) is 111 Å². The van der Waals surface area contributed by atoms with E-state index in [0.717, 1.165) is 109 Å². The monoisotopic (exact) mass is 1220 g/mol. The summed E-state index contributed by atoms with van der Waals surface area (Å²) in [6, 6.07) is -0.856. The van der Waals surface area contributed by atoms with Gasteiger partial charge >= 0.3 is 13.8 Å². The van der Waals surface area contributed by atoms with Gasteiger partial charge in [-0.15, -0.1) is 0 Å². The van der Waals surface area contributed by atoms with Crippen LogP contribution in [0.25, 0.3) is 0 Å². The van der Waals surface area contributed by atoms with E-state index >= 15 is 0 Å². The lowest BCUT2D eigenvalue weighted by Gasteiger charge is -2.27. The highest BCUT2D eigenvalue weighted by atomic mass is 31.2. The van der Waals surface area contributed by atoms with Gasteiger partial charge in [0, 0.05) is 12.8 Å². The predicted octanol–water partition coefficient (Wildman–Crippen LogP) is 23.3. The highest BCUT2D eigenvalue weighted by Gasteiger charge is 2.30. The Morgan fingerprint density at radius 3 is 1.12 bits per heavy atom. The zero-order valence-electron chi connectivity index (χ0n) is 57.3. The minimum absolute atomic E-state index is 0.0370. The zero-order valence-corrected chi connectivity index (χ0v) is 58.2. The molecule has 500 valence electrons. The highest BCUT2D eigenvalue weighted by Crippen LogP contribution is 2.43. The molecule has 0 saturated heterocycles. The molecule has 0 radical (unpaired) electrons. The molecule has 0 aromatic heterocycles. The van der Waals surface area contributed by atoms with E-state index in [9.17, 15) is 19.0 Å². The number of allylic oxidation sites excluding steroid dienone is 13. The average molecular weight is 1220 g/mol. The number of hydrogen-bond donors (Lipinski definition) is 2. The lowest BCUT2D eigenvalue weighted by molar-refractivity contribution is -0.870. The molecule has 0 saturated carbocycles. The van der Waals surface area contributed by atoms with Crippen LogP contribution in [0.3, 0.4) is 0 Å². The van der Waals surface area contributed by atoms with E-state index in [2.05, 4.69) is 99.0 Å². The molecule has 9 nitrogen and oxygen atoms in total. The number of unbranched alkanes of at least 4 members (excludes halogenated alkanes) is 38. The summed E-state index contributed by atoms with van der Waals surface area (Å²) in [4.78, 5) is 37.9. The van der Waals surface area contributed by atoms with Gasteiger partial charge < -0.3 is 19.4 Å². The van der Waals surface area contributed by atoms with Crippen LogP contribution in [0.1, 0.15) is 335 Å². The molecule has 3 unspecified atom stereocenters. The van der Waals surface area contributed by atoms with Crippen molar-refractivity contribution in [2.45, 2.75) is 348 Å². The van der Waals surface area contributed by atoms with Crippen LogP contribution in [0.4, 0.5) is 0 Å². The second-order valence-corrected chi connectivity index (χ2v) is 27.2. The summed E-state index contributed by atoms with van der Waals surface area (Å²) < 4.78 is 30.8. The van der Waals surface area contributed by atoms with Crippen LogP contribution in [0, 0.1) is 0 Å². The smallest absolute Gasteiger partial charge is 0.456 e. The Morgan fingerprint density at radius 2 is 0.744 bits per heavy atom. The number of phosphoric ester groups is 1. The van der Waals surface area contributed by atoms with E-state index in [1.165, 1.54) is 193 Å². The number of amides is 1. The Kier molecular flexibility index (Phi) is 63.0. The summed E-state index contributed by atoms with van der Waals surface area (Å²) in [5.74, 6) is -0.504. The molecule has 86 heavy (non-hydrogen) atoms. The van der Waals surface area contributed by atoms with E-state index in [1.54, 1.807) is 0 Å². The molecule has 0 aliphatic carbocycles. The number of esters is 1. The fraction of sp³-hybridized carbons (Fsp3) is 0.789. The Morgan fingerprint density at radius 1 is 0.419 bits per heavy atom. The van der Waals surface area contributed by atoms with Crippen LogP contribution < -0.4 is 5.32 Å². The summed E-state index contributed by atoms with van der Waals surface area (Å²) in [7, 11) is 1.49. The van der Waals surface area contributed by atoms with Gasteiger partial charge in [0.15, 0.2) is 0 Å². The molecule has 0 aliphatic rings. The number of nitrogens with zero attached hydrogens (tertiary/aromatic N) is 1. The maximum atomic E-state index is 13.6. The van der Waals surface area contributed by atoms with Crippen LogP contribution in [0.15, 0.2) is 85.1 Å². The van der Waals surface area contributed by atoms with Gasteiger partial charge in [0.05, 0.1) is 33.8 Å². The van der Waals surface area contributed by atoms with Gasteiger partial charge in [-0.25, -0.2) is 4.57 Å². The summed E-state index contributed by atoms with van der Waals surface area (Å²) in [5, 5.41) is 3.07. The third-order valence-electron chi connectivity index (χ3n) is 16.1. The van der Waals surface area contributed by atoms with Crippen LogP contribution in [0.2, 0.25) is 0 Å². The maximum Gasteiger partial charge on any atom is 0.472 e. The Balaban J connectivity index is 5.05. The number of ether oxygens (including phenoxy) is 1. The molecule has 0 spiro atoms. The molecule has 0 rings (SSSR count). The van der Waals surface area contributed by atoms with Crippen LogP contribution in [-0.4, -0.2) is 74.3 Å². The fourth-order valence-electron chi connectivity index (χ4n) is 10.5. The van der Waals surface area contributed by atoms with Gasteiger partial charge in [-0.1, -0.05) is 324 Å². The summed E-state index contributed by atoms with van der Waals surface area (Å²) >= 11 is 0. The first-order valence-electron chi connectivity index (χ1n) is 36.4. The van der Waals surface area contributed by atoms with E-state index in [-0.39, 0.29) is 25.1 Å². The number of rotatable bonds is 66. The molecule has 0 bridgehead atoms. The lowest BCUT2D eigenvalue weighted by atomic mass is 10.0. The van der Waals surface area contributed by atoms with Gasteiger partial charge in [0.2, 0.25) is 5.91 Å². The standard InChI is InChI=1S/C76H139N2O7P/c1-7-10-13-16-19-22-25-28-30-32-34-36-37-38-39-40-41-43-44-46-48-50-53-56-59-62-65-68-75(79)77-73(72-84-86(81,82)83-71-70-78(4,5)6)74(67-64-61-58-55-52-27-24-21-18-15-12-9-3)85-76(80)69-66-63-60-57-54-51-49-47-45-42-35-33-31-29-26-23-20-17-14-11-8-2/h10,13,19,22,28,30,34,36,38-39,41,43,64,67,73-74H,7-9,11-12,14-18,20-21,23-27,29,31-33,35,37,40,42,44-63,65-66,68-72H2,1-6H3,(H-,77,79,81,82)/p+1/b13-10-,22-19-,30-28-,36-34-,39-38-,43-41-,67-64-. The summed E-state index contributed by atoms with van der Waals surface area (Å²) in [6.45, 7) is 6.93. The molecule has 0 fully saturated rings. The summed E-state index contributed by atoms with van der Waals surface area (Å²) in [6.07, 6.45) is 87.4. The molecule has 0 aromatic carbocycles. The Hall–Kier alpha value is -2.81. The van der Waals surface area contributed by atoms with Crippen molar-refractivity contribution in [3.63, 3.8) is 0 Å². The lowest BCUT2D eigenvalue weighted by Crippen LogP contribution is -2.47. The van der Waals surface area contributed by atoms with Crippen molar-refractivity contribution in [3.05, 3.63) is 85.1 Å². The molecule has 0 heterocycles. The van der Waals surface area contributed by atoms with Crippen molar-refractivity contribution in [2.24, 2.45) is 0 Å². The molecule has 3 atom stereocenters. The number of nitrogens with one attached hydrogen (secondary N) is 1. The zero-order chi connectivity index (χ0) is 62.8. The fourth-order valence-corrected chi connectivity index (χ4v) is 11.3. The van der Waals surface area contributed by atoms with Crippen molar-refractivity contribution in [1.29, 1.82) is 0 Å². The summed E-state index contributed by atoms with van der Waals surface area (Å²) in [5.41, 5.74) is 0. The minimum atomic E-state index is -4.46. The average Bonchev–Trinajstić information content (AvgIpc) is 3.67. The Labute approximate surface area is 533 Å². The van der Waals surface area contributed by atoms with Crippen LogP contribution in [0.5, 0.6) is 0 Å². The van der Waals surface area contributed by atoms with Gasteiger partial charge in [0.1, 0.15) is 19.3 Å². The van der Waals surface area contributed by atoms with E-state index < -0.39 is 20.0 Å². The second kappa shape index (κ2) is 65.2. The second-order valence-electron chi connectivity index (χ2n) is 25.7. The van der Waals surface area contributed by atoms with Gasteiger partial charge in [0.25, 0.3) is 0 Å². The predicted molar refractivity (Wildman–Crippen MR) is 374 cm³/mol. The van der Waals surface area contributed by atoms with Crippen LogP contribution in [-0.2, 0) is 27.9 Å². The molecule has 2 N–H and O–H groups in total. The molecule has 1 amide bonds. The molecule has 0 aliphatic heterocycles. The van der Waals surface area contributed by atoms with Crippen molar-refractivity contribution >= 4 is 19.7 Å². The van der Waals surface area contributed by atoms with Crippen molar-refractivity contribution < 1.29 is 37.3 Å². The van der Waals surface area contributed by atoms with Gasteiger partial charge in [-0.2, -0.15) is 0 Å². The molecule has 10 heteroatoms. The van der Waals surface area contributed by atoms with Crippen molar-refractivity contribution in [3.8, 4) is 0 Å². The van der Waals surface area contributed by atoms with Gasteiger partial charge in [-0.05, 0) is 83.1 Å². The van der Waals surface area contributed by atoms with E-state index in [4.69, 9.17) is 13.8 Å². The van der Waals surface area contributed by atoms with Crippen LogP contribution >= 0.6 is 7.82 Å². The van der Waals surface area contributed by atoms with E-state index in [0.29, 0.717) is 23.9 Å². The first-order valence-corrected chi connectivity index (χ1v) is 37.9. The van der Waals surface area contributed by atoms with E-state index in [1.807, 2.05) is 33.3 Å². The third-order valence-corrected chi connectivity index (χ3v) is 17.1. The Bertz CT molecular complexity index is 1750. The molecule has 0 aromatic rings. The SMILES string of the molecule is CC/C=C\C/C=C\C/C=C\C/C=C\C/C=C\C/C=C\CCCCCCCCCCC(=O)NC(COP(=O)(O)OCC[N+](C)(C)C)C(/C=C\CCCCCCCCCCCC)OC(=O)CCCCCCCCCCCCCCCCCCCCCCC.